The molecule has 3 nitrogen and oxygen atoms in total. The monoisotopic (exact) mass is 382 g/mol. The third-order valence-corrected chi connectivity index (χ3v) is 6.22. The minimum Gasteiger partial charge on any atom is -0.397 e. The van der Waals surface area contributed by atoms with Crippen LogP contribution in [0.2, 0.25) is 0 Å². The average molecular weight is 383 g/mol. The van der Waals surface area contributed by atoms with E-state index in [0.717, 1.165) is 33.0 Å². The van der Waals surface area contributed by atoms with Gasteiger partial charge in [-0.2, -0.15) is 11.8 Å². The number of thiophene rings is 1. The first-order valence-corrected chi connectivity index (χ1v) is 9.35. The van der Waals surface area contributed by atoms with Gasteiger partial charge in [0.2, 0.25) is 0 Å². The van der Waals surface area contributed by atoms with Crippen molar-refractivity contribution < 1.29 is 4.79 Å². The van der Waals surface area contributed by atoms with Crippen molar-refractivity contribution in [2.75, 3.05) is 23.4 Å². The van der Waals surface area contributed by atoms with Gasteiger partial charge in [-0.15, -0.1) is 11.3 Å². The number of nitrogens with zero attached hydrogens (tertiary/aromatic N) is 1. The van der Waals surface area contributed by atoms with E-state index in [1.165, 1.54) is 10.4 Å². The zero-order chi connectivity index (χ0) is 15.0. The summed E-state index contributed by atoms with van der Waals surface area (Å²) in [6.45, 7) is 0. The quantitative estimate of drug-likeness (QED) is 0.793. The van der Waals surface area contributed by atoms with Crippen molar-refractivity contribution in [2.45, 2.75) is 12.2 Å². The number of thioether (sulfide) groups is 1. The van der Waals surface area contributed by atoms with Gasteiger partial charge in [-0.05, 0) is 42.0 Å². The van der Waals surface area contributed by atoms with Crippen LogP contribution in [0.4, 0.5) is 11.4 Å². The first-order chi connectivity index (χ1) is 10.1. The third kappa shape index (κ3) is 2.98. The first kappa shape index (κ1) is 14.9. The van der Waals surface area contributed by atoms with Gasteiger partial charge in [0.1, 0.15) is 0 Å². The van der Waals surface area contributed by atoms with Crippen LogP contribution in [0.5, 0.6) is 0 Å². The van der Waals surface area contributed by atoms with E-state index in [9.17, 15) is 4.79 Å². The van der Waals surface area contributed by atoms with Crippen molar-refractivity contribution >= 4 is 56.3 Å². The van der Waals surface area contributed by atoms with E-state index in [2.05, 4.69) is 15.9 Å². The lowest BCUT2D eigenvalue weighted by Crippen LogP contribution is -2.26. The number of nitrogen functional groups attached to an aromatic ring is 1. The van der Waals surface area contributed by atoms with E-state index in [1.807, 2.05) is 36.0 Å². The number of aryl methyl sites for hydroxylation is 1. The molecule has 2 N–H and O–H groups in total. The zero-order valence-electron chi connectivity index (χ0n) is 11.6. The molecule has 110 valence electrons. The molecule has 0 fully saturated rings. The lowest BCUT2D eigenvalue weighted by atomic mass is 10.2. The van der Waals surface area contributed by atoms with Gasteiger partial charge in [0.05, 0.1) is 16.3 Å². The molecule has 0 saturated carbocycles. The Kier molecular flexibility index (Phi) is 4.28. The van der Waals surface area contributed by atoms with E-state index < -0.39 is 0 Å². The summed E-state index contributed by atoms with van der Waals surface area (Å²) in [5, 5.41) is 0. The van der Waals surface area contributed by atoms with Gasteiger partial charge in [0.25, 0.3) is 5.91 Å². The molecule has 0 aliphatic carbocycles. The topological polar surface area (TPSA) is 46.3 Å². The van der Waals surface area contributed by atoms with Crippen molar-refractivity contribution in [3.63, 3.8) is 0 Å². The minimum absolute atomic E-state index is 0.00780. The lowest BCUT2D eigenvalue weighted by molar-refractivity contribution is 0.0997. The Balaban J connectivity index is 1.88. The molecule has 21 heavy (non-hydrogen) atoms. The standard InChI is InChI=1S/C15H15BrN2OS2/c1-18(12-3-2-10(16)7-11(12)17)15(19)14-6-9-8-20-5-4-13(9)21-14/h2-3,6-7H,4-5,8,17H2,1H3. The van der Waals surface area contributed by atoms with E-state index in [4.69, 9.17) is 5.73 Å². The highest BCUT2D eigenvalue weighted by atomic mass is 79.9. The number of carbonyl (C=O) groups is 1. The number of carbonyl (C=O) groups excluding carboxylic acids is 1. The van der Waals surface area contributed by atoms with Gasteiger partial charge < -0.3 is 10.6 Å². The highest BCUT2D eigenvalue weighted by Crippen LogP contribution is 2.33. The normalized spacial score (nSPS) is 13.8. The molecule has 2 heterocycles. The van der Waals surface area contributed by atoms with Crippen molar-refractivity contribution in [2.24, 2.45) is 0 Å². The number of anilines is 2. The number of hydrogen-bond acceptors (Lipinski definition) is 4. The van der Waals surface area contributed by atoms with E-state index in [-0.39, 0.29) is 5.91 Å². The molecular formula is C15H15BrN2OS2. The lowest BCUT2D eigenvalue weighted by Gasteiger charge is -2.18. The van der Waals surface area contributed by atoms with Crippen LogP contribution >= 0.6 is 39.0 Å². The maximum Gasteiger partial charge on any atom is 0.268 e. The maximum atomic E-state index is 12.7. The highest BCUT2D eigenvalue weighted by molar-refractivity contribution is 9.10. The SMILES string of the molecule is CN(C(=O)c1cc2c(s1)CCSC2)c1ccc(Br)cc1N. The molecule has 1 aliphatic heterocycles. The Morgan fingerprint density at radius 1 is 1.38 bits per heavy atom. The molecule has 0 saturated heterocycles. The number of benzene rings is 1. The van der Waals surface area contributed by atoms with Crippen molar-refractivity contribution in [1.82, 2.24) is 0 Å². The van der Waals surface area contributed by atoms with Gasteiger partial charge in [-0.25, -0.2) is 0 Å². The van der Waals surface area contributed by atoms with Crippen LogP contribution in [0, 0.1) is 0 Å². The van der Waals surface area contributed by atoms with Crippen molar-refractivity contribution in [1.29, 1.82) is 0 Å². The largest absolute Gasteiger partial charge is 0.397 e. The summed E-state index contributed by atoms with van der Waals surface area (Å²) in [6.07, 6.45) is 1.07. The smallest absolute Gasteiger partial charge is 0.268 e. The zero-order valence-corrected chi connectivity index (χ0v) is 14.8. The van der Waals surface area contributed by atoms with Gasteiger partial charge in [0, 0.05) is 22.2 Å². The number of fused-ring (bicyclic) bond motifs is 1. The van der Waals surface area contributed by atoms with Crippen LogP contribution in [0.25, 0.3) is 0 Å². The molecule has 1 aromatic heterocycles. The van der Waals surface area contributed by atoms with Gasteiger partial charge >= 0.3 is 0 Å². The van der Waals surface area contributed by atoms with Crippen LogP contribution in [0.3, 0.4) is 0 Å². The number of nitrogens with two attached hydrogens (primary N) is 1. The summed E-state index contributed by atoms with van der Waals surface area (Å²) in [6, 6.07) is 7.61. The fraction of sp³-hybridized carbons (Fsp3) is 0.267. The second-order valence-electron chi connectivity index (χ2n) is 4.93. The Hall–Kier alpha value is -0.980. The van der Waals surface area contributed by atoms with E-state index in [1.54, 1.807) is 23.3 Å². The van der Waals surface area contributed by atoms with Crippen LogP contribution in [0.1, 0.15) is 20.1 Å². The first-order valence-electron chi connectivity index (χ1n) is 6.58. The van der Waals surface area contributed by atoms with Crippen molar-refractivity contribution in [3.8, 4) is 0 Å². The van der Waals surface area contributed by atoms with Gasteiger partial charge in [-0.1, -0.05) is 15.9 Å². The number of hydrogen-bond donors (Lipinski definition) is 1. The van der Waals surface area contributed by atoms with E-state index in [0.29, 0.717) is 5.69 Å². The Labute approximate surface area is 140 Å². The molecule has 0 radical (unpaired) electrons. The second kappa shape index (κ2) is 6.02. The Bertz CT molecular complexity index is 675. The Morgan fingerprint density at radius 3 is 2.90 bits per heavy atom. The summed E-state index contributed by atoms with van der Waals surface area (Å²) in [4.78, 5) is 16.4. The van der Waals surface area contributed by atoms with Crippen LogP contribution in [-0.2, 0) is 12.2 Å². The van der Waals surface area contributed by atoms with Crippen LogP contribution in [0.15, 0.2) is 28.7 Å². The van der Waals surface area contributed by atoms with Crippen LogP contribution < -0.4 is 10.6 Å². The van der Waals surface area contributed by atoms with Crippen LogP contribution in [-0.4, -0.2) is 18.7 Å². The molecule has 0 bridgehead atoms. The number of halogens is 1. The summed E-state index contributed by atoms with van der Waals surface area (Å²) < 4.78 is 0.910. The molecule has 0 spiro atoms. The Morgan fingerprint density at radius 2 is 2.19 bits per heavy atom. The molecule has 3 rings (SSSR count). The molecule has 6 heteroatoms. The summed E-state index contributed by atoms with van der Waals surface area (Å²) >= 11 is 6.93. The summed E-state index contributed by atoms with van der Waals surface area (Å²) in [7, 11) is 1.77. The molecule has 0 atom stereocenters. The molecular weight excluding hydrogens is 368 g/mol. The molecule has 1 aromatic carbocycles. The molecule has 1 aliphatic rings. The maximum absolute atomic E-state index is 12.7. The third-order valence-electron chi connectivity index (χ3n) is 3.49. The summed E-state index contributed by atoms with van der Waals surface area (Å²) in [5.41, 5.74) is 8.66. The van der Waals surface area contributed by atoms with Gasteiger partial charge in [-0.3, -0.25) is 4.79 Å². The number of rotatable bonds is 2. The highest BCUT2D eigenvalue weighted by Gasteiger charge is 2.21. The van der Waals surface area contributed by atoms with Crippen molar-refractivity contribution in [3.05, 3.63) is 44.1 Å². The average Bonchev–Trinajstić information content (AvgIpc) is 2.89. The fourth-order valence-corrected chi connectivity index (χ4v) is 5.08. The molecule has 2 aromatic rings. The molecule has 1 amide bonds. The summed E-state index contributed by atoms with van der Waals surface area (Å²) in [5.74, 6) is 2.17. The predicted molar refractivity (Wildman–Crippen MR) is 95.5 cm³/mol. The van der Waals surface area contributed by atoms with E-state index >= 15 is 0 Å². The molecule has 0 unspecified atom stereocenters. The minimum atomic E-state index is 0.00780. The van der Waals surface area contributed by atoms with Gasteiger partial charge in [0.15, 0.2) is 0 Å². The fourth-order valence-electron chi connectivity index (χ4n) is 2.36. The number of amides is 1. The second-order valence-corrected chi connectivity index (χ2v) is 8.09. The predicted octanol–water partition coefficient (Wildman–Crippen LogP) is 4.16.